The lowest BCUT2D eigenvalue weighted by atomic mass is 10.5. The van der Waals surface area contributed by atoms with E-state index < -0.39 is 8.60 Å². The van der Waals surface area contributed by atoms with Gasteiger partial charge in [-0.2, -0.15) is 5.26 Å². The van der Waals surface area contributed by atoms with Crippen LogP contribution in [0.1, 0.15) is 6.42 Å². The van der Waals surface area contributed by atoms with Crippen molar-refractivity contribution in [3.8, 4) is 6.07 Å². The molecule has 0 bridgehead atoms. The number of nitriles is 1. The molecule has 0 saturated carbocycles. The summed E-state index contributed by atoms with van der Waals surface area (Å²) in [4.78, 5) is 15.8. The van der Waals surface area contributed by atoms with E-state index in [0.29, 0.717) is 0 Å². The van der Waals surface area contributed by atoms with E-state index in [1.165, 1.54) is 0 Å². The van der Waals surface area contributed by atoms with Crippen molar-refractivity contribution in [2.75, 3.05) is 6.61 Å². The quantitative estimate of drug-likeness (QED) is 0.426. The Balaban J connectivity index is 0. The van der Waals surface area contributed by atoms with E-state index in [1.807, 2.05) is 0 Å². The highest BCUT2D eigenvalue weighted by Gasteiger charge is 1.89. The second-order valence-electron chi connectivity index (χ2n) is 1.16. The van der Waals surface area contributed by atoms with Crippen molar-refractivity contribution in [2.24, 2.45) is 0 Å². The molecular formula is C5H10NO4P. The smallest absolute Gasteiger partial charge is 0.390 e. The summed E-state index contributed by atoms with van der Waals surface area (Å²) in [6.45, 7) is 3.06. The Hall–Kier alpha value is -0.660. The van der Waals surface area contributed by atoms with Gasteiger partial charge in [0.15, 0.2) is 0 Å². The molecule has 64 valence electrons. The number of hydrogen-bond acceptors (Lipinski definition) is 5. The Morgan fingerprint density at radius 2 is 2.18 bits per heavy atom. The van der Waals surface area contributed by atoms with E-state index in [0.717, 1.165) is 6.26 Å². The Kier molecular flexibility index (Phi) is 14.2. The topological polar surface area (TPSA) is 93.7 Å². The molecule has 0 fully saturated rings. The van der Waals surface area contributed by atoms with Gasteiger partial charge in [0.25, 0.3) is 0 Å². The van der Waals surface area contributed by atoms with Crippen LogP contribution in [0.25, 0.3) is 0 Å². The van der Waals surface area contributed by atoms with Crippen molar-refractivity contribution >= 4 is 8.60 Å². The van der Waals surface area contributed by atoms with Gasteiger partial charge in [-0.1, -0.05) is 6.58 Å². The molecule has 0 aliphatic rings. The highest BCUT2D eigenvalue weighted by molar-refractivity contribution is 7.39. The van der Waals surface area contributed by atoms with Gasteiger partial charge >= 0.3 is 8.60 Å². The molecule has 11 heavy (non-hydrogen) atoms. The maximum atomic E-state index is 7.88. The molecule has 3 N–H and O–H groups in total. The molecule has 0 atom stereocenters. The predicted molar refractivity (Wildman–Crippen MR) is 40.0 cm³/mol. The van der Waals surface area contributed by atoms with Crippen LogP contribution in [-0.2, 0) is 4.52 Å². The van der Waals surface area contributed by atoms with E-state index >= 15 is 0 Å². The van der Waals surface area contributed by atoms with Crippen molar-refractivity contribution in [2.45, 2.75) is 6.42 Å². The van der Waals surface area contributed by atoms with Crippen molar-refractivity contribution in [1.82, 2.24) is 0 Å². The molecule has 0 aromatic rings. The lowest BCUT2D eigenvalue weighted by Crippen LogP contribution is -1.72. The van der Waals surface area contributed by atoms with Crippen LogP contribution in [-0.4, -0.2) is 21.5 Å². The summed E-state index contributed by atoms with van der Waals surface area (Å²) in [6.07, 6.45) is 1.23. The Labute approximate surface area is 66.2 Å². The minimum Gasteiger partial charge on any atom is -0.436 e. The van der Waals surface area contributed by atoms with E-state index in [1.54, 1.807) is 6.07 Å². The summed E-state index contributed by atoms with van der Waals surface area (Å²) >= 11 is 0. The molecular weight excluding hydrogens is 169 g/mol. The molecule has 0 heterocycles. The molecule has 0 aromatic heterocycles. The molecule has 0 saturated heterocycles. The van der Waals surface area contributed by atoms with Gasteiger partial charge in [-0.25, -0.2) is 0 Å². The molecule has 6 heteroatoms. The lowest BCUT2D eigenvalue weighted by Gasteiger charge is -1.93. The Bertz CT molecular complexity index is 122. The Morgan fingerprint density at radius 1 is 1.64 bits per heavy atom. The fraction of sp³-hybridized carbons (Fsp3) is 0.400. The third kappa shape index (κ3) is 26.7. The minimum atomic E-state index is -2.22. The highest BCUT2D eigenvalue weighted by Crippen LogP contribution is 2.23. The molecule has 0 aliphatic heterocycles. The zero-order chi connectivity index (χ0) is 9.11. The van der Waals surface area contributed by atoms with Crippen molar-refractivity contribution in [1.29, 1.82) is 5.26 Å². The van der Waals surface area contributed by atoms with Crippen LogP contribution in [0.2, 0.25) is 0 Å². The standard InChI is InChI=1S/C3H5NO.C2H5O3P/c4-2-1-3-5;1-2-5-6(3)4/h5H,1,3H2;2-4H,1H2. The summed E-state index contributed by atoms with van der Waals surface area (Å²) in [5.74, 6) is 0. The molecule has 0 rings (SSSR count). The van der Waals surface area contributed by atoms with Crippen LogP contribution in [0.15, 0.2) is 12.8 Å². The van der Waals surface area contributed by atoms with Gasteiger partial charge < -0.3 is 19.4 Å². The summed E-state index contributed by atoms with van der Waals surface area (Å²) in [5.41, 5.74) is 0. The molecule has 0 amide bonds. The first-order valence-corrected chi connectivity index (χ1v) is 3.79. The second kappa shape index (κ2) is 12.1. The van der Waals surface area contributed by atoms with Crippen LogP contribution in [0.5, 0.6) is 0 Å². The largest absolute Gasteiger partial charge is 0.436 e. The lowest BCUT2D eigenvalue weighted by molar-refractivity contribution is 0.304. The fourth-order valence-electron chi connectivity index (χ4n) is 0.117. The maximum Gasteiger partial charge on any atom is 0.390 e. The van der Waals surface area contributed by atoms with E-state index in [9.17, 15) is 0 Å². The monoisotopic (exact) mass is 179 g/mol. The normalized spacial score (nSPS) is 7.55. The van der Waals surface area contributed by atoms with Gasteiger partial charge in [0.05, 0.1) is 25.4 Å². The Morgan fingerprint density at radius 3 is 2.18 bits per heavy atom. The van der Waals surface area contributed by atoms with Gasteiger partial charge in [-0.15, -0.1) is 0 Å². The van der Waals surface area contributed by atoms with Gasteiger partial charge in [-0.05, 0) is 0 Å². The van der Waals surface area contributed by atoms with E-state index in [-0.39, 0.29) is 13.0 Å². The second-order valence-corrected chi connectivity index (χ2v) is 1.87. The first kappa shape index (κ1) is 13.0. The summed E-state index contributed by atoms with van der Waals surface area (Å²) < 4.78 is 3.98. The van der Waals surface area contributed by atoms with Crippen LogP contribution < -0.4 is 0 Å². The number of hydrogen-bond donors (Lipinski definition) is 3. The third-order valence-corrected chi connectivity index (χ3v) is 0.730. The number of aliphatic hydroxyl groups excluding tert-OH is 1. The van der Waals surface area contributed by atoms with Crippen LogP contribution in [0, 0.1) is 11.3 Å². The first-order valence-electron chi connectivity index (χ1n) is 2.62. The summed E-state index contributed by atoms with van der Waals surface area (Å²) in [7, 11) is -2.22. The number of aliphatic hydroxyl groups is 1. The minimum absolute atomic E-state index is 0.0174. The summed E-state index contributed by atoms with van der Waals surface area (Å²) in [5, 5.41) is 15.5. The third-order valence-electron chi connectivity index (χ3n) is 0.392. The van der Waals surface area contributed by atoms with Gasteiger partial charge in [0, 0.05) is 0 Å². The number of nitrogens with zero attached hydrogens (tertiary/aromatic N) is 1. The highest BCUT2D eigenvalue weighted by atomic mass is 31.2. The SMILES string of the molecule is C=COP(O)O.N#CCCO. The average molecular weight is 179 g/mol. The zero-order valence-corrected chi connectivity index (χ0v) is 6.74. The molecule has 5 nitrogen and oxygen atoms in total. The van der Waals surface area contributed by atoms with Gasteiger partial charge in [0.2, 0.25) is 0 Å². The molecule has 0 unspecified atom stereocenters. The van der Waals surface area contributed by atoms with Crippen molar-refractivity contribution < 1.29 is 19.4 Å². The van der Waals surface area contributed by atoms with Crippen LogP contribution in [0.4, 0.5) is 0 Å². The molecule has 0 aliphatic carbocycles. The van der Waals surface area contributed by atoms with Crippen LogP contribution in [0.3, 0.4) is 0 Å². The van der Waals surface area contributed by atoms with Crippen LogP contribution >= 0.6 is 8.60 Å². The van der Waals surface area contributed by atoms with Gasteiger partial charge in [-0.3, -0.25) is 0 Å². The van der Waals surface area contributed by atoms with E-state index in [2.05, 4.69) is 11.1 Å². The zero-order valence-electron chi connectivity index (χ0n) is 5.84. The average Bonchev–Trinajstić information content (AvgIpc) is 1.90. The first-order chi connectivity index (χ1) is 5.18. The summed E-state index contributed by atoms with van der Waals surface area (Å²) in [6, 6.07) is 1.77. The van der Waals surface area contributed by atoms with E-state index in [4.69, 9.17) is 20.2 Å². The maximum absolute atomic E-state index is 7.88. The van der Waals surface area contributed by atoms with Gasteiger partial charge in [0.1, 0.15) is 0 Å². The fourth-order valence-corrected chi connectivity index (χ4v) is 0.250. The predicted octanol–water partition coefficient (Wildman–Crippen LogP) is 0.250. The van der Waals surface area contributed by atoms with Crippen molar-refractivity contribution in [3.63, 3.8) is 0 Å². The molecule has 0 spiro atoms. The molecule has 0 radical (unpaired) electrons. The number of rotatable bonds is 3. The van der Waals surface area contributed by atoms with Crippen molar-refractivity contribution in [3.05, 3.63) is 12.8 Å². The molecule has 0 aromatic carbocycles.